The zero-order valence-corrected chi connectivity index (χ0v) is 24.1. The van der Waals surface area contributed by atoms with E-state index in [0.29, 0.717) is 17.1 Å². The summed E-state index contributed by atoms with van der Waals surface area (Å²) >= 11 is 0. The van der Waals surface area contributed by atoms with Gasteiger partial charge in [-0.15, -0.1) is 0 Å². The Morgan fingerprint density at radius 2 is 1.76 bits per heavy atom. The third-order valence-corrected chi connectivity index (χ3v) is 9.40. The Hall–Kier alpha value is -3.86. The Kier molecular flexibility index (Phi) is 8.35. The number of sulfonamides is 1. The van der Waals surface area contributed by atoms with Gasteiger partial charge in [-0.05, 0) is 48.4 Å². The quantitative estimate of drug-likeness (QED) is 0.421. The van der Waals surface area contributed by atoms with Crippen molar-refractivity contribution < 1.29 is 32.5 Å². The molecule has 3 aromatic carbocycles. The molecule has 41 heavy (non-hydrogen) atoms. The fourth-order valence-electron chi connectivity index (χ4n) is 4.92. The second-order valence-corrected chi connectivity index (χ2v) is 12.3. The predicted molar refractivity (Wildman–Crippen MR) is 155 cm³/mol. The zero-order chi connectivity index (χ0) is 29.1. The summed E-state index contributed by atoms with van der Waals surface area (Å²) in [6.45, 7) is 3.68. The molecular formula is C31H34N2O7S. The number of fused-ring (bicyclic) bond motifs is 2. The second kappa shape index (κ2) is 11.9. The van der Waals surface area contributed by atoms with Crippen LogP contribution in [0.25, 0.3) is 12.2 Å². The number of nitrogens with zero attached hydrogens (tertiary/aromatic N) is 2. The van der Waals surface area contributed by atoms with Gasteiger partial charge in [0.15, 0.2) is 11.5 Å². The highest BCUT2D eigenvalue weighted by Crippen LogP contribution is 2.35. The fourth-order valence-corrected chi connectivity index (χ4v) is 6.75. The Bertz CT molecular complexity index is 1540. The van der Waals surface area contributed by atoms with E-state index in [9.17, 15) is 18.3 Å². The minimum atomic E-state index is -3.97. The molecule has 3 atom stereocenters. The van der Waals surface area contributed by atoms with Crippen molar-refractivity contribution in [3.8, 4) is 17.2 Å². The molecular weight excluding hydrogens is 544 g/mol. The SMILES string of the molecule is C[C@@H]1CN([C@@H](C)CO)S(=O)(=O)c2ccc(/C=C/c3ccccc3)cc2O[C@@H]1CN(C)C(=O)c1ccc2c(c1)OCO2. The number of benzene rings is 3. The van der Waals surface area contributed by atoms with Crippen molar-refractivity contribution in [3.05, 3.63) is 83.4 Å². The Labute approximate surface area is 240 Å². The van der Waals surface area contributed by atoms with Gasteiger partial charge in [-0.25, -0.2) is 8.42 Å². The maximum absolute atomic E-state index is 13.8. The minimum absolute atomic E-state index is 0.0244. The van der Waals surface area contributed by atoms with Gasteiger partial charge in [0, 0.05) is 31.1 Å². The van der Waals surface area contributed by atoms with Crippen molar-refractivity contribution in [1.29, 1.82) is 0 Å². The van der Waals surface area contributed by atoms with Crippen LogP contribution >= 0.6 is 0 Å². The molecule has 1 N–H and O–H groups in total. The third-order valence-electron chi connectivity index (χ3n) is 7.38. The van der Waals surface area contributed by atoms with Crippen molar-refractivity contribution in [3.63, 3.8) is 0 Å². The first-order valence-electron chi connectivity index (χ1n) is 13.5. The number of carbonyl (C=O) groups excluding carboxylic acids is 1. The monoisotopic (exact) mass is 578 g/mol. The summed E-state index contributed by atoms with van der Waals surface area (Å²) in [4.78, 5) is 14.9. The Morgan fingerprint density at radius 1 is 1.02 bits per heavy atom. The average Bonchev–Trinajstić information content (AvgIpc) is 3.45. The second-order valence-electron chi connectivity index (χ2n) is 10.4. The molecule has 5 rings (SSSR count). The molecule has 0 unspecified atom stereocenters. The van der Waals surface area contributed by atoms with E-state index in [1.54, 1.807) is 55.3 Å². The number of rotatable bonds is 7. The normalized spacial score (nSPS) is 20.5. The molecule has 9 nitrogen and oxygen atoms in total. The molecule has 0 spiro atoms. The smallest absolute Gasteiger partial charge is 0.253 e. The number of hydrogen-bond donors (Lipinski definition) is 1. The molecule has 216 valence electrons. The van der Waals surface area contributed by atoms with Gasteiger partial charge in [0.1, 0.15) is 16.7 Å². The van der Waals surface area contributed by atoms with Crippen LogP contribution in [-0.2, 0) is 10.0 Å². The first-order valence-corrected chi connectivity index (χ1v) is 14.9. The fraction of sp³-hybridized carbons (Fsp3) is 0.323. The molecule has 2 heterocycles. The lowest BCUT2D eigenvalue weighted by Gasteiger charge is -2.37. The van der Waals surface area contributed by atoms with Crippen LogP contribution in [0.5, 0.6) is 17.2 Å². The van der Waals surface area contributed by atoms with Crippen LogP contribution in [0, 0.1) is 5.92 Å². The number of aliphatic hydroxyl groups excluding tert-OH is 1. The van der Waals surface area contributed by atoms with Gasteiger partial charge in [-0.3, -0.25) is 4.79 Å². The van der Waals surface area contributed by atoms with E-state index in [4.69, 9.17) is 14.2 Å². The summed E-state index contributed by atoms with van der Waals surface area (Å²) < 4.78 is 46.0. The van der Waals surface area contributed by atoms with E-state index in [1.165, 1.54) is 4.31 Å². The summed E-state index contributed by atoms with van der Waals surface area (Å²) in [5.74, 6) is 0.783. The number of carbonyl (C=O) groups is 1. The van der Waals surface area contributed by atoms with E-state index < -0.39 is 22.2 Å². The lowest BCUT2D eigenvalue weighted by Crippen LogP contribution is -2.50. The van der Waals surface area contributed by atoms with Crippen LogP contribution in [0.1, 0.15) is 35.3 Å². The first-order chi connectivity index (χ1) is 19.7. The van der Waals surface area contributed by atoms with Crippen LogP contribution < -0.4 is 14.2 Å². The largest absolute Gasteiger partial charge is 0.487 e. The summed E-state index contributed by atoms with van der Waals surface area (Å²) in [6, 6.07) is 19.2. The maximum Gasteiger partial charge on any atom is 0.253 e. The molecule has 0 aromatic heterocycles. The van der Waals surface area contributed by atoms with E-state index >= 15 is 0 Å². The molecule has 10 heteroatoms. The van der Waals surface area contributed by atoms with Crippen molar-refractivity contribution in [2.24, 2.45) is 5.92 Å². The number of likely N-dealkylation sites (N-methyl/N-ethyl adjacent to an activating group) is 1. The van der Waals surface area contributed by atoms with Gasteiger partial charge < -0.3 is 24.2 Å². The van der Waals surface area contributed by atoms with E-state index in [0.717, 1.165) is 11.1 Å². The molecule has 0 bridgehead atoms. The van der Waals surface area contributed by atoms with Crippen molar-refractivity contribution in [2.45, 2.75) is 30.9 Å². The van der Waals surface area contributed by atoms with Crippen molar-refractivity contribution in [1.82, 2.24) is 9.21 Å². The van der Waals surface area contributed by atoms with Gasteiger partial charge >= 0.3 is 0 Å². The first kappa shape index (κ1) is 28.7. The molecule has 0 fully saturated rings. The molecule has 2 aliphatic rings. The number of aliphatic hydroxyl groups is 1. The highest BCUT2D eigenvalue weighted by Gasteiger charge is 2.38. The molecule has 0 aliphatic carbocycles. The maximum atomic E-state index is 13.8. The van der Waals surface area contributed by atoms with Gasteiger partial charge in [-0.1, -0.05) is 55.5 Å². The van der Waals surface area contributed by atoms with Gasteiger partial charge in [0.2, 0.25) is 16.8 Å². The molecule has 1 amide bonds. The third kappa shape index (κ3) is 6.09. The van der Waals surface area contributed by atoms with E-state index in [-0.39, 0.29) is 49.0 Å². The standard InChI is InChI=1S/C31H34N2O7S/c1-21-17-33(22(2)19-34)41(36,37)30-14-11-24(10-9-23-7-5-4-6-8-23)15-28(30)40-29(21)18-32(3)31(35)25-12-13-26-27(16-25)39-20-38-26/h4-16,21-22,29,34H,17-20H2,1-3H3/b10-9+/t21-,22+,29-/m1/s1. The molecule has 2 aliphatic heterocycles. The van der Waals surface area contributed by atoms with Crippen LogP contribution in [-0.4, -0.2) is 74.3 Å². The highest BCUT2D eigenvalue weighted by molar-refractivity contribution is 7.89. The average molecular weight is 579 g/mol. The summed E-state index contributed by atoms with van der Waals surface area (Å²) in [6.07, 6.45) is 3.30. The molecule has 0 saturated carbocycles. The molecule has 0 saturated heterocycles. The predicted octanol–water partition coefficient (Wildman–Crippen LogP) is 4.13. The molecule has 0 radical (unpaired) electrons. The number of amides is 1. The highest BCUT2D eigenvalue weighted by atomic mass is 32.2. The van der Waals surface area contributed by atoms with Gasteiger partial charge in [0.25, 0.3) is 5.91 Å². The Balaban J connectivity index is 1.46. The summed E-state index contributed by atoms with van der Waals surface area (Å²) in [5, 5.41) is 9.90. The van der Waals surface area contributed by atoms with Crippen LogP contribution in [0.4, 0.5) is 0 Å². The lowest BCUT2D eigenvalue weighted by atomic mass is 10.0. The van der Waals surface area contributed by atoms with Crippen LogP contribution in [0.15, 0.2) is 71.6 Å². The van der Waals surface area contributed by atoms with Crippen molar-refractivity contribution in [2.75, 3.05) is 33.5 Å². The van der Waals surface area contributed by atoms with Gasteiger partial charge in [0.05, 0.1) is 13.2 Å². The minimum Gasteiger partial charge on any atom is -0.487 e. The van der Waals surface area contributed by atoms with E-state index in [2.05, 4.69) is 0 Å². The topological polar surface area (TPSA) is 106 Å². The van der Waals surface area contributed by atoms with Crippen LogP contribution in [0.2, 0.25) is 0 Å². The lowest BCUT2D eigenvalue weighted by molar-refractivity contribution is 0.0563. The molecule has 3 aromatic rings. The zero-order valence-electron chi connectivity index (χ0n) is 23.3. The number of hydrogen-bond acceptors (Lipinski definition) is 7. The summed E-state index contributed by atoms with van der Waals surface area (Å²) in [5.41, 5.74) is 2.22. The Morgan fingerprint density at radius 3 is 2.51 bits per heavy atom. The van der Waals surface area contributed by atoms with Crippen molar-refractivity contribution >= 4 is 28.1 Å². The van der Waals surface area contributed by atoms with Gasteiger partial charge in [-0.2, -0.15) is 4.31 Å². The van der Waals surface area contributed by atoms with E-state index in [1.807, 2.05) is 49.4 Å². The van der Waals surface area contributed by atoms with Crippen LogP contribution in [0.3, 0.4) is 0 Å². The summed E-state index contributed by atoms with van der Waals surface area (Å²) in [7, 11) is -2.28. The number of ether oxygens (including phenoxy) is 3.